The second-order valence-electron chi connectivity index (χ2n) is 3.01. The maximum Gasteiger partial charge on any atom is 0.339 e. The molecule has 1 aromatic carbocycles. The van der Waals surface area contributed by atoms with Gasteiger partial charge in [-0.3, -0.25) is 0 Å². The van der Waals surface area contributed by atoms with Gasteiger partial charge < -0.3 is 15.0 Å². The predicted octanol–water partition coefficient (Wildman–Crippen LogP) is 2.08. The molecule has 0 saturated heterocycles. The van der Waals surface area contributed by atoms with Gasteiger partial charge in [0.15, 0.2) is 0 Å². The molecule has 0 heterocycles. The molecule has 0 aliphatic rings. The molecule has 0 saturated carbocycles. The Morgan fingerprint density at radius 2 is 1.75 bits per heavy atom. The lowest BCUT2D eigenvalue weighted by molar-refractivity contribution is -0.115. The number of carbonyl (C=O) groups excluding carboxylic acids is 1. The van der Waals surface area contributed by atoms with Gasteiger partial charge in [-0.15, -0.1) is 4.91 Å². The van der Waals surface area contributed by atoms with Crippen LogP contribution in [0.2, 0.25) is 0 Å². The Kier molecular flexibility index (Phi) is 5.40. The number of carboxylic acid groups (broad SMARTS) is 1. The van der Waals surface area contributed by atoms with Crippen LogP contribution in [-0.2, 0) is 4.79 Å². The van der Waals surface area contributed by atoms with Crippen LogP contribution in [-0.4, -0.2) is 22.0 Å². The number of aromatic hydroxyl groups is 1. The summed E-state index contributed by atoms with van der Waals surface area (Å²) < 4.78 is 0. The van der Waals surface area contributed by atoms with E-state index in [9.17, 15) is 14.5 Å². The topological polar surface area (TPSA) is 104 Å². The van der Waals surface area contributed by atoms with Gasteiger partial charge in [-0.25, -0.2) is 4.79 Å². The molecular weight excluding hydrogens is 214 g/mol. The van der Waals surface area contributed by atoms with E-state index in [0.717, 1.165) is 12.1 Å². The summed E-state index contributed by atoms with van der Waals surface area (Å²) in [6, 6.07) is 3.35. The average Bonchev–Trinajstić information content (AvgIpc) is 2.17. The van der Waals surface area contributed by atoms with Crippen molar-refractivity contribution in [1.29, 1.82) is 0 Å². The van der Waals surface area contributed by atoms with Crippen molar-refractivity contribution in [3.63, 3.8) is 0 Å². The van der Waals surface area contributed by atoms with Gasteiger partial charge in [-0.2, -0.15) is 0 Å². The van der Waals surface area contributed by atoms with Gasteiger partial charge in [0, 0.05) is 0 Å². The first kappa shape index (κ1) is 13.8. The third-order valence-electron chi connectivity index (χ3n) is 1.32. The van der Waals surface area contributed by atoms with E-state index in [1.807, 2.05) is 0 Å². The van der Waals surface area contributed by atoms with Crippen molar-refractivity contribution in [3.8, 4) is 5.75 Å². The molecule has 0 unspecified atom stereocenters. The number of hydrogen-bond acceptors (Lipinski definition) is 5. The molecule has 16 heavy (non-hydrogen) atoms. The minimum absolute atomic E-state index is 0.0230. The minimum Gasteiger partial charge on any atom is -0.507 e. The first-order valence-electron chi connectivity index (χ1n) is 4.25. The van der Waals surface area contributed by atoms with Crippen molar-refractivity contribution in [2.75, 3.05) is 0 Å². The molecule has 0 radical (unpaired) electrons. The summed E-state index contributed by atoms with van der Waals surface area (Å²) in [6.45, 7) is 3.06. The highest BCUT2D eigenvalue weighted by Gasteiger charge is 2.09. The predicted molar refractivity (Wildman–Crippen MR) is 56.9 cm³/mol. The lowest BCUT2D eigenvalue weighted by Gasteiger charge is -1.97. The Balaban J connectivity index is 0.000000487. The third kappa shape index (κ3) is 4.85. The van der Waals surface area contributed by atoms with E-state index >= 15 is 0 Å². The van der Waals surface area contributed by atoms with Crippen LogP contribution in [0.5, 0.6) is 5.75 Å². The van der Waals surface area contributed by atoms with E-state index in [4.69, 9.17) is 10.2 Å². The number of carboxylic acids is 1. The SMILES string of the molecule is CC(C)=O.O=Nc1ccc(O)c(C(=O)O)c1. The van der Waals surface area contributed by atoms with E-state index in [1.165, 1.54) is 19.9 Å². The Labute approximate surface area is 91.5 Å². The number of Topliss-reactive ketones (excluding diaryl/α,β-unsaturated/α-hetero) is 1. The van der Waals surface area contributed by atoms with Gasteiger partial charge in [-0.1, -0.05) is 0 Å². The number of hydrogen-bond donors (Lipinski definition) is 2. The van der Waals surface area contributed by atoms with E-state index < -0.39 is 5.97 Å². The zero-order valence-corrected chi connectivity index (χ0v) is 8.80. The highest BCUT2D eigenvalue weighted by molar-refractivity contribution is 5.91. The largest absolute Gasteiger partial charge is 0.507 e. The molecule has 0 atom stereocenters. The lowest BCUT2D eigenvalue weighted by Crippen LogP contribution is -1.95. The number of carbonyl (C=O) groups is 2. The Morgan fingerprint density at radius 3 is 2.12 bits per heavy atom. The zero-order valence-electron chi connectivity index (χ0n) is 8.80. The van der Waals surface area contributed by atoms with Crippen LogP contribution in [0.25, 0.3) is 0 Å². The van der Waals surface area contributed by atoms with Crippen molar-refractivity contribution >= 4 is 17.4 Å². The monoisotopic (exact) mass is 225 g/mol. The van der Waals surface area contributed by atoms with Gasteiger partial charge in [0.2, 0.25) is 0 Å². The number of benzene rings is 1. The number of nitrogens with zero attached hydrogens (tertiary/aromatic N) is 1. The summed E-state index contributed by atoms with van der Waals surface area (Å²) in [7, 11) is 0. The van der Waals surface area contributed by atoms with E-state index in [2.05, 4.69) is 5.18 Å². The molecule has 1 rings (SSSR count). The molecule has 0 aliphatic heterocycles. The number of nitroso groups, excluding NO2 is 1. The number of phenols is 1. The quantitative estimate of drug-likeness (QED) is 0.750. The molecule has 1 aromatic rings. The van der Waals surface area contributed by atoms with Crippen molar-refractivity contribution in [1.82, 2.24) is 0 Å². The molecule has 6 heteroatoms. The molecule has 0 amide bonds. The zero-order chi connectivity index (χ0) is 12.7. The fourth-order valence-electron chi connectivity index (χ4n) is 0.752. The Morgan fingerprint density at radius 1 is 1.25 bits per heavy atom. The highest BCUT2D eigenvalue weighted by atomic mass is 16.4. The summed E-state index contributed by atoms with van der Waals surface area (Å²) in [5.41, 5.74) is -0.350. The summed E-state index contributed by atoms with van der Waals surface area (Å²) in [5.74, 6) is -1.51. The van der Waals surface area contributed by atoms with Gasteiger partial charge in [0.05, 0.1) is 0 Å². The van der Waals surface area contributed by atoms with E-state index in [-0.39, 0.29) is 22.8 Å². The summed E-state index contributed by atoms with van der Waals surface area (Å²) in [6.07, 6.45) is 0. The van der Waals surface area contributed by atoms with Crippen molar-refractivity contribution < 1.29 is 19.8 Å². The maximum atomic E-state index is 10.4. The Bertz CT molecular complexity index is 410. The molecular formula is C10H11NO5. The molecule has 6 nitrogen and oxygen atoms in total. The number of aromatic carboxylic acids is 1. The van der Waals surface area contributed by atoms with Crippen LogP contribution in [0, 0.1) is 4.91 Å². The van der Waals surface area contributed by atoms with Crippen LogP contribution >= 0.6 is 0 Å². The highest BCUT2D eigenvalue weighted by Crippen LogP contribution is 2.22. The molecule has 0 aliphatic carbocycles. The second-order valence-corrected chi connectivity index (χ2v) is 3.01. The molecule has 0 fully saturated rings. The first-order chi connectivity index (χ1) is 7.38. The van der Waals surface area contributed by atoms with Crippen LogP contribution in [0.15, 0.2) is 23.4 Å². The van der Waals surface area contributed by atoms with Gasteiger partial charge in [0.25, 0.3) is 0 Å². The third-order valence-corrected chi connectivity index (χ3v) is 1.32. The average molecular weight is 225 g/mol. The number of ketones is 1. The first-order valence-corrected chi connectivity index (χ1v) is 4.25. The van der Waals surface area contributed by atoms with Crippen LogP contribution < -0.4 is 0 Å². The van der Waals surface area contributed by atoms with Crippen LogP contribution in [0.4, 0.5) is 5.69 Å². The van der Waals surface area contributed by atoms with Crippen molar-refractivity contribution in [2.45, 2.75) is 13.8 Å². The van der Waals surface area contributed by atoms with E-state index in [0.29, 0.717) is 0 Å². The van der Waals surface area contributed by atoms with Gasteiger partial charge in [0.1, 0.15) is 22.8 Å². The normalized spacial score (nSPS) is 8.62. The second kappa shape index (κ2) is 6.28. The lowest BCUT2D eigenvalue weighted by atomic mass is 10.2. The smallest absolute Gasteiger partial charge is 0.339 e. The summed E-state index contributed by atoms with van der Waals surface area (Å²) in [4.78, 5) is 29.8. The molecule has 0 spiro atoms. The fraction of sp³-hybridized carbons (Fsp3) is 0.200. The Hall–Kier alpha value is -2.24. The molecule has 2 N–H and O–H groups in total. The summed E-state index contributed by atoms with van der Waals surface area (Å²) in [5, 5.41) is 20.0. The van der Waals surface area contributed by atoms with Crippen LogP contribution in [0.1, 0.15) is 24.2 Å². The van der Waals surface area contributed by atoms with E-state index in [1.54, 1.807) is 0 Å². The standard InChI is InChI=1S/C7H5NO4.C3H6O/c9-6-2-1-4(8-12)3-5(6)7(10)11;1-3(2)4/h1-3,9H,(H,10,11);1-2H3. The maximum absolute atomic E-state index is 10.4. The molecule has 86 valence electrons. The van der Waals surface area contributed by atoms with Gasteiger partial charge >= 0.3 is 5.97 Å². The summed E-state index contributed by atoms with van der Waals surface area (Å²) >= 11 is 0. The molecule has 0 aromatic heterocycles. The van der Waals surface area contributed by atoms with Crippen molar-refractivity contribution in [2.24, 2.45) is 5.18 Å². The fourth-order valence-corrected chi connectivity index (χ4v) is 0.752. The molecule has 0 bridgehead atoms. The minimum atomic E-state index is -1.29. The van der Waals surface area contributed by atoms with Crippen molar-refractivity contribution in [3.05, 3.63) is 28.7 Å². The number of rotatable bonds is 2. The van der Waals surface area contributed by atoms with Crippen LogP contribution in [0.3, 0.4) is 0 Å². The van der Waals surface area contributed by atoms with Gasteiger partial charge in [-0.05, 0) is 37.2 Å².